The molecule has 3 rings (SSSR count). The van der Waals surface area contributed by atoms with Crippen LogP contribution < -0.4 is 10.6 Å². The van der Waals surface area contributed by atoms with Crippen molar-refractivity contribution in [1.82, 2.24) is 15.2 Å². The van der Waals surface area contributed by atoms with Crippen LogP contribution in [0.15, 0.2) is 35.7 Å². The van der Waals surface area contributed by atoms with Gasteiger partial charge in [0.1, 0.15) is 0 Å². The smallest absolute Gasteiger partial charge is 0.228 e. The Bertz CT molecular complexity index is 759. The van der Waals surface area contributed by atoms with Crippen molar-refractivity contribution in [2.45, 2.75) is 25.9 Å². The molecule has 1 aliphatic heterocycles. The van der Waals surface area contributed by atoms with Crippen molar-refractivity contribution < 1.29 is 14.3 Å². The van der Waals surface area contributed by atoms with Gasteiger partial charge in [-0.05, 0) is 5.56 Å². The molecule has 0 bridgehead atoms. The highest BCUT2D eigenvalue weighted by molar-refractivity contribution is 7.13. The summed E-state index contributed by atoms with van der Waals surface area (Å²) >= 11 is 1.41. The monoisotopic (exact) mass is 388 g/mol. The van der Waals surface area contributed by atoms with Crippen LogP contribution in [0, 0.1) is 0 Å². The van der Waals surface area contributed by atoms with Gasteiger partial charge in [0, 0.05) is 31.9 Å². The van der Waals surface area contributed by atoms with Gasteiger partial charge in [0.15, 0.2) is 5.13 Å². The van der Waals surface area contributed by atoms with Gasteiger partial charge >= 0.3 is 0 Å². The van der Waals surface area contributed by atoms with Gasteiger partial charge in [-0.3, -0.25) is 14.5 Å². The summed E-state index contributed by atoms with van der Waals surface area (Å²) in [6.45, 7) is 5.50. The quantitative estimate of drug-likeness (QED) is 0.760. The number of nitrogens with one attached hydrogen (secondary N) is 2. The van der Waals surface area contributed by atoms with Crippen LogP contribution >= 0.6 is 11.3 Å². The van der Waals surface area contributed by atoms with Crippen molar-refractivity contribution in [2.75, 3.05) is 31.6 Å². The molecule has 27 heavy (non-hydrogen) atoms. The number of hydrogen-bond donors (Lipinski definition) is 2. The van der Waals surface area contributed by atoms with Gasteiger partial charge in [-0.2, -0.15) is 0 Å². The molecule has 144 valence electrons. The number of ether oxygens (including phenoxy) is 1. The molecule has 0 spiro atoms. The van der Waals surface area contributed by atoms with E-state index in [-0.39, 0.29) is 24.3 Å². The van der Waals surface area contributed by atoms with Gasteiger partial charge in [-0.1, -0.05) is 30.3 Å². The number of rotatable bonds is 7. The first-order valence-electron chi connectivity index (χ1n) is 8.96. The van der Waals surface area contributed by atoms with Gasteiger partial charge in [0.2, 0.25) is 11.8 Å². The molecular formula is C19H24N4O3S. The maximum atomic E-state index is 12.5. The molecule has 2 heterocycles. The Balaban J connectivity index is 1.56. The van der Waals surface area contributed by atoms with E-state index in [2.05, 4.69) is 20.5 Å². The van der Waals surface area contributed by atoms with Crippen LogP contribution in [0.1, 0.15) is 30.6 Å². The van der Waals surface area contributed by atoms with E-state index in [1.165, 1.54) is 18.3 Å². The second-order valence-electron chi connectivity index (χ2n) is 6.45. The number of carbonyl (C=O) groups excluding carboxylic acids is 2. The van der Waals surface area contributed by atoms with E-state index >= 15 is 0 Å². The topological polar surface area (TPSA) is 83.6 Å². The van der Waals surface area contributed by atoms with Crippen LogP contribution in [0.5, 0.6) is 0 Å². The molecule has 2 aromatic rings. The molecule has 1 aliphatic rings. The number of morpholine rings is 1. The summed E-state index contributed by atoms with van der Waals surface area (Å²) in [7, 11) is 0. The average Bonchev–Trinajstić information content (AvgIpc) is 3.09. The molecule has 2 amide bonds. The number of amides is 2. The van der Waals surface area contributed by atoms with Crippen molar-refractivity contribution in [1.29, 1.82) is 0 Å². The molecule has 0 radical (unpaired) electrons. The molecular weight excluding hydrogens is 364 g/mol. The number of hydrogen-bond acceptors (Lipinski definition) is 6. The highest BCUT2D eigenvalue weighted by atomic mass is 32.1. The third-order valence-corrected chi connectivity index (χ3v) is 5.06. The molecule has 2 N–H and O–H groups in total. The van der Waals surface area contributed by atoms with Gasteiger partial charge < -0.3 is 15.4 Å². The molecule has 0 saturated carbocycles. The zero-order valence-corrected chi connectivity index (χ0v) is 16.1. The third kappa shape index (κ3) is 6.13. The molecule has 1 fully saturated rings. The molecule has 1 aromatic carbocycles. The first kappa shape index (κ1) is 19.5. The van der Waals surface area contributed by atoms with E-state index in [4.69, 9.17) is 4.74 Å². The summed E-state index contributed by atoms with van der Waals surface area (Å²) < 4.78 is 5.35. The minimum absolute atomic E-state index is 0.155. The Morgan fingerprint density at radius 3 is 2.70 bits per heavy atom. The summed E-state index contributed by atoms with van der Waals surface area (Å²) in [4.78, 5) is 30.7. The lowest BCUT2D eigenvalue weighted by molar-refractivity contribution is -0.120. The Labute approximate surface area is 162 Å². The van der Waals surface area contributed by atoms with Crippen LogP contribution in [0.4, 0.5) is 5.13 Å². The Morgan fingerprint density at radius 1 is 1.26 bits per heavy atom. The van der Waals surface area contributed by atoms with Crippen molar-refractivity contribution in [3.63, 3.8) is 0 Å². The normalized spacial score (nSPS) is 15.9. The van der Waals surface area contributed by atoms with E-state index in [0.29, 0.717) is 5.13 Å². The van der Waals surface area contributed by atoms with Crippen LogP contribution in [0.3, 0.4) is 0 Å². The highest BCUT2D eigenvalue weighted by Gasteiger charge is 2.18. The van der Waals surface area contributed by atoms with Crippen molar-refractivity contribution in [3.8, 4) is 0 Å². The van der Waals surface area contributed by atoms with E-state index in [0.717, 1.165) is 44.1 Å². The summed E-state index contributed by atoms with van der Waals surface area (Å²) in [5.41, 5.74) is 1.84. The predicted molar refractivity (Wildman–Crippen MR) is 104 cm³/mol. The standard InChI is InChI=1S/C19H24N4O3S/c1-14(24)20-17(15-5-3-2-4-6-15)11-18(25)22-19-21-16(13-27-19)12-23-7-9-26-10-8-23/h2-6,13,17H,7-12H2,1H3,(H,20,24)(H,21,22,25). The summed E-state index contributed by atoms with van der Waals surface area (Å²) in [5.74, 6) is -0.344. The van der Waals surface area contributed by atoms with Crippen LogP contribution in [0.25, 0.3) is 0 Å². The van der Waals surface area contributed by atoms with Crippen molar-refractivity contribution in [2.24, 2.45) is 0 Å². The van der Waals surface area contributed by atoms with E-state index in [1.807, 2.05) is 35.7 Å². The van der Waals surface area contributed by atoms with Gasteiger partial charge in [0.25, 0.3) is 0 Å². The maximum absolute atomic E-state index is 12.5. The lowest BCUT2D eigenvalue weighted by atomic mass is 10.0. The summed E-state index contributed by atoms with van der Waals surface area (Å²) in [6, 6.07) is 9.12. The fraction of sp³-hybridized carbons (Fsp3) is 0.421. The van der Waals surface area contributed by atoms with E-state index in [9.17, 15) is 9.59 Å². The lowest BCUT2D eigenvalue weighted by Crippen LogP contribution is -2.35. The fourth-order valence-electron chi connectivity index (χ4n) is 2.96. The Hall–Kier alpha value is -2.29. The maximum Gasteiger partial charge on any atom is 0.228 e. The number of aromatic nitrogens is 1. The Morgan fingerprint density at radius 2 is 2.00 bits per heavy atom. The molecule has 8 heteroatoms. The van der Waals surface area contributed by atoms with Crippen LogP contribution in [0.2, 0.25) is 0 Å². The largest absolute Gasteiger partial charge is 0.379 e. The predicted octanol–water partition coefficient (Wildman–Crippen LogP) is 2.18. The first-order chi connectivity index (χ1) is 13.1. The lowest BCUT2D eigenvalue weighted by Gasteiger charge is -2.25. The molecule has 1 saturated heterocycles. The van der Waals surface area contributed by atoms with Crippen LogP contribution in [-0.2, 0) is 20.9 Å². The zero-order valence-electron chi connectivity index (χ0n) is 15.3. The number of anilines is 1. The molecule has 7 nitrogen and oxygen atoms in total. The number of nitrogens with zero attached hydrogens (tertiary/aromatic N) is 2. The molecule has 1 atom stereocenters. The minimum Gasteiger partial charge on any atom is -0.379 e. The zero-order chi connectivity index (χ0) is 19.1. The molecule has 1 unspecified atom stereocenters. The van der Waals surface area contributed by atoms with Crippen molar-refractivity contribution in [3.05, 3.63) is 47.0 Å². The van der Waals surface area contributed by atoms with Gasteiger partial charge in [-0.25, -0.2) is 4.98 Å². The van der Waals surface area contributed by atoms with Gasteiger partial charge in [-0.15, -0.1) is 11.3 Å². The first-order valence-corrected chi connectivity index (χ1v) is 9.84. The number of benzene rings is 1. The fourth-order valence-corrected chi connectivity index (χ4v) is 3.68. The van der Waals surface area contributed by atoms with Gasteiger partial charge in [0.05, 0.1) is 31.4 Å². The summed E-state index contributed by atoms with van der Waals surface area (Å²) in [6.07, 6.45) is 0.155. The number of carbonyl (C=O) groups is 2. The second kappa shape index (κ2) is 9.59. The Kier molecular flexibility index (Phi) is 6.92. The number of thiazole rings is 1. The molecule has 0 aliphatic carbocycles. The SMILES string of the molecule is CC(=O)NC(CC(=O)Nc1nc(CN2CCOCC2)cs1)c1ccccc1. The average molecular weight is 388 g/mol. The minimum atomic E-state index is -0.364. The summed E-state index contributed by atoms with van der Waals surface area (Å²) in [5, 5.41) is 8.23. The second-order valence-corrected chi connectivity index (χ2v) is 7.31. The van der Waals surface area contributed by atoms with Crippen LogP contribution in [-0.4, -0.2) is 48.0 Å². The third-order valence-electron chi connectivity index (χ3n) is 4.26. The molecule has 1 aromatic heterocycles. The highest BCUT2D eigenvalue weighted by Crippen LogP contribution is 2.20. The van der Waals surface area contributed by atoms with Crippen molar-refractivity contribution >= 4 is 28.3 Å². The van der Waals surface area contributed by atoms with E-state index in [1.54, 1.807) is 0 Å². The van der Waals surface area contributed by atoms with E-state index < -0.39 is 0 Å².